The number of nitrogens with two attached hydrogens (primary N) is 1. The van der Waals surface area contributed by atoms with Crippen LogP contribution in [0.15, 0.2) is 0 Å². The van der Waals surface area contributed by atoms with Crippen molar-refractivity contribution in [2.75, 3.05) is 33.4 Å². The Morgan fingerprint density at radius 1 is 1.50 bits per heavy atom. The Labute approximate surface area is 106 Å². The van der Waals surface area contributed by atoms with Crippen LogP contribution in [0.25, 0.3) is 0 Å². The van der Waals surface area contributed by atoms with Gasteiger partial charge in [-0.05, 0) is 19.4 Å². The number of methoxy groups -OCH3 is 1. The summed E-state index contributed by atoms with van der Waals surface area (Å²) in [6.07, 6.45) is 0.451. The van der Waals surface area contributed by atoms with E-state index in [0.717, 1.165) is 0 Å². The van der Waals surface area contributed by atoms with E-state index in [4.69, 9.17) is 10.5 Å². The third-order valence-electron chi connectivity index (χ3n) is 3.26. The van der Waals surface area contributed by atoms with Gasteiger partial charge in [-0.2, -0.15) is 0 Å². The summed E-state index contributed by atoms with van der Waals surface area (Å²) >= 11 is 0. The number of ether oxygens (including phenoxy) is 1. The molecule has 1 aliphatic rings. The van der Waals surface area contributed by atoms with Gasteiger partial charge in [-0.3, -0.25) is 4.79 Å². The van der Waals surface area contributed by atoms with Gasteiger partial charge in [0.1, 0.15) is 0 Å². The fraction of sp³-hybridized carbons (Fsp3) is 0.917. The highest BCUT2D eigenvalue weighted by Crippen LogP contribution is 2.39. The molecule has 1 aliphatic carbocycles. The molecule has 0 heterocycles. The molecule has 0 aromatic carbocycles. The summed E-state index contributed by atoms with van der Waals surface area (Å²) in [6, 6.07) is 0. The average Bonchev–Trinajstić information content (AvgIpc) is 2.69. The molecule has 1 rings (SSSR count). The Balaban J connectivity index is 2.52. The van der Waals surface area contributed by atoms with Crippen LogP contribution < -0.4 is 5.73 Å². The minimum atomic E-state index is -2.68. The minimum absolute atomic E-state index is 0.182. The normalized spacial score (nSPS) is 22.1. The molecule has 0 aliphatic heterocycles. The third-order valence-corrected chi connectivity index (χ3v) is 3.26. The van der Waals surface area contributed by atoms with Crippen molar-refractivity contribution in [1.82, 2.24) is 4.90 Å². The molecule has 18 heavy (non-hydrogen) atoms. The molecule has 1 unspecified atom stereocenters. The van der Waals surface area contributed by atoms with E-state index in [1.165, 1.54) is 0 Å². The molecule has 4 nitrogen and oxygen atoms in total. The smallest absolute Gasteiger partial charge is 0.248 e. The maximum absolute atomic E-state index is 13.1. The van der Waals surface area contributed by atoms with Crippen LogP contribution in [0.5, 0.6) is 0 Å². The zero-order chi connectivity index (χ0) is 13.6. The van der Waals surface area contributed by atoms with Gasteiger partial charge < -0.3 is 15.4 Å². The summed E-state index contributed by atoms with van der Waals surface area (Å²) in [4.78, 5) is 13.7. The van der Waals surface area contributed by atoms with Crippen LogP contribution >= 0.6 is 0 Å². The van der Waals surface area contributed by atoms with Crippen molar-refractivity contribution >= 4 is 5.91 Å². The molecule has 0 aromatic rings. The minimum Gasteiger partial charge on any atom is -0.383 e. The number of rotatable bonds is 7. The number of amides is 1. The Morgan fingerprint density at radius 3 is 2.72 bits per heavy atom. The van der Waals surface area contributed by atoms with Gasteiger partial charge in [0, 0.05) is 39.0 Å². The van der Waals surface area contributed by atoms with E-state index in [-0.39, 0.29) is 25.2 Å². The summed E-state index contributed by atoms with van der Waals surface area (Å²) in [5, 5.41) is 0. The van der Waals surface area contributed by atoms with Gasteiger partial charge in [0.25, 0.3) is 0 Å². The Kier molecular flexibility index (Phi) is 5.95. The molecular weight excluding hydrogens is 242 g/mol. The number of carbonyl (C=O) groups excluding carboxylic acids is 1. The van der Waals surface area contributed by atoms with E-state index >= 15 is 0 Å². The first-order valence-corrected chi connectivity index (χ1v) is 6.36. The predicted octanol–water partition coefficient (Wildman–Crippen LogP) is 1.25. The second-order valence-electron chi connectivity index (χ2n) is 4.76. The quantitative estimate of drug-likeness (QED) is 0.753. The van der Waals surface area contributed by atoms with Crippen molar-refractivity contribution < 1.29 is 18.3 Å². The van der Waals surface area contributed by atoms with E-state index in [9.17, 15) is 13.6 Å². The predicted molar refractivity (Wildman–Crippen MR) is 64.4 cm³/mol. The molecule has 0 aromatic heterocycles. The standard InChI is InChI=1S/C12H22F2N2O2/c1-18-8-7-16(6-2-5-15)11(17)10-3-4-12(13,14)9-10/h10H,2-9,15H2,1H3. The molecule has 2 N–H and O–H groups in total. The number of alkyl halides is 2. The second-order valence-corrected chi connectivity index (χ2v) is 4.76. The zero-order valence-corrected chi connectivity index (χ0v) is 10.8. The first kappa shape index (κ1) is 15.3. The molecule has 0 saturated heterocycles. The van der Waals surface area contributed by atoms with Gasteiger partial charge >= 0.3 is 0 Å². The molecular formula is C12H22F2N2O2. The van der Waals surface area contributed by atoms with Gasteiger partial charge in [0.05, 0.1) is 6.61 Å². The largest absolute Gasteiger partial charge is 0.383 e. The lowest BCUT2D eigenvalue weighted by molar-refractivity contribution is -0.137. The lowest BCUT2D eigenvalue weighted by Gasteiger charge is -2.25. The molecule has 6 heteroatoms. The Bertz CT molecular complexity index is 267. The lowest BCUT2D eigenvalue weighted by atomic mass is 10.1. The van der Waals surface area contributed by atoms with Crippen molar-refractivity contribution in [2.45, 2.75) is 31.6 Å². The topological polar surface area (TPSA) is 55.6 Å². The molecule has 1 amide bonds. The number of halogens is 2. The van der Waals surface area contributed by atoms with Gasteiger partial charge in [-0.25, -0.2) is 8.78 Å². The molecule has 0 radical (unpaired) electrons. The van der Waals surface area contributed by atoms with Crippen LogP contribution in [-0.2, 0) is 9.53 Å². The number of carbonyl (C=O) groups is 1. The number of nitrogens with zero attached hydrogens (tertiary/aromatic N) is 1. The van der Waals surface area contributed by atoms with Crippen LogP contribution in [0.3, 0.4) is 0 Å². The van der Waals surface area contributed by atoms with Crippen LogP contribution in [0.2, 0.25) is 0 Å². The number of hydrogen-bond acceptors (Lipinski definition) is 3. The fourth-order valence-electron chi connectivity index (χ4n) is 2.23. The van der Waals surface area contributed by atoms with E-state index in [0.29, 0.717) is 32.7 Å². The molecule has 0 spiro atoms. The maximum atomic E-state index is 13.1. The number of hydrogen-bond donors (Lipinski definition) is 1. The van der Waals surface area contributed by atoms with Crippen molar-refractivity contribution in [3.8, 4) is 0 Å². The highest BCUT2D eigenvalue weighted by atomic mass is 19.3. The molecule has 1 saturated carbocycles. The third kappa shape index (κ3) is 4.49. The highest BCUT2D eigenvalue weighted by molar-refractivity contribution is 5.79. The molecule has 0 bridgehead atoms. The highest BCUT2D eigenvalue weighted by Gasteiger charge is 2.43. The Morgan fingerprint density at radius 2 is 2.22 bits per heavy atom. The van der Waals surface area contributed by atoms with Crippen LogP contribution in [0.1, 0.15) is 25.7 Å². The molecule has 1 atom stereocenters. The summed E-state index contributed by atoms with van der Waals surface area (Å²) in [6.45, 7) is 1.86. The van der Waals surface area contributed by atoms with Gasteiger partial charge in [0.2, 0.25) is 11.8 Å². The Hall–Kier alpha value is -0.750. The zero-order valence-electron chi connectivity index (χ0n) is 10.8. The summed E-state index contributed by atoms with van der Waals surface area (Å²) < 4.78 is 31.1. The van der Waals surface area contributed by atoms with E-state index in [1.54, 1.807) is 12.0 Å². The van der Waals surface area contributed by atoms with Crippen LogP contribution in [0.4, 0.5) is 8.78 Å². The molecule has 1 fully saturated rings. The lowest BCUT2D eigenvalue weighted by Crippen LogP contribution is -2.39. The first-order chi connectivity index (χ1) is 8.50. The van der Waals surface area contributed by atoms with Gasteiger partial charge in [0.15, 0.2) is 0 Å². The van der Waals surface area contributed by atoms with Crippen molar-refractivity contribution in [3.63, 3.8) is 0 Å². The van der Waals surface area contributed by atoms with E-state index < -0.39 is 11.8 Å². The summed E-state index contributed by atoms with van der Waals surface area (Å²) in [5.41, 5.74) is 5.41. The fourth-order valence-corrected chi connectivity index (χ4v) is 2.23. The van der Waals surface area contributed by atoms with E-state index in [1.807, 2.05) is 0 Å². The monoisotopic (exact) mass is 264 g/mol. The SMILES string of the molecule is COCCN(CCCN)C(=O)C1CCC(F)(F)C1. The summed E-state index contributed by atoms with van der Waals surface area (Å²) in [5.74, 6) is -3.41. The van der Waals surface area contributed by atoms with E-state index in [2.05, 4.69) is 0 Å². The van der Waals surface area contributed by atoms with Crippen LogP contribution in [-0.4, -0.2) is 50.1 Å². The van der Waals surface area contributed by atoms with Gasteiger partial charge in [-0.15, -0.1) is 0 Å². The van der Waals surface area contributed by atoms with Crippen molar-refractivity contribution in [2.24, 2.45) is 11.7 Å². The average molecular weight is 264 g/mol. The maximum Gasteiger partial charge on any atom is 0.248 e. The van der Waals surface area contributed by atoms with Crippen molar-refractivity contribution in [3.05, 3.63) is 0 Å². The molecule has 106 valence electrons. The van der Waals surface area contributed by atoms with Crippen molar-refractivity contribution in [1.29, 1.82) is 0 Å². The second kappa shape index (κ2) is 6.99. The van der Waals surface area contributed by atoms with Gasteiger partial charge in [-0.1, -0.05) is 0 Å². The first-order valence-electron chi connectivity index (χ1n) is 6.36. The summed E-state index contributed by atoms with van der Waals surface area (Å²) in [7, 11) is 1.55. The van der Waals surface area contributed by atoms with Crippen LogP contribution in [0, 0.1) is 5.92 Å².